The van der Waals surface area contributed by atoms with Crippen LogP contribution in [-0.2, 0) is 32.7 Å². The van der Waals surface area contributed by atoms with Gasteiger partial charge in [-0.05, 0) is 51.4 Å². The zero-order valence-corrected chi connectivity index (χ0v) is 43.1. The number of ether oxygens (including phenoxy) is 2. The molecule has 0 aromatic rings. The van der Waals surface area contributed by atoms with E-state index >= 15 is 0 Å². The predicted molar refractivity (Wildman–Crippen MR) is 275 cm³/mol. The maximum Gasteiger partial charge on any atom is 0.472 e. The average molecular weight is 936 g/mol. The first kappa shape index (κ1) is 63.0. The summed E-state index contributed by atoms with van der Waals surface area (Å²) in [5.41, 5.74) is 5.37. The van der Waals surface area contributed by atoms with Crippen molar-refractivity contribution in [1.29, 1.82) is 0 Å². The fraction of sp³-hybridized carbons (Fsp3) is 0.818. The molecule has 9 nitrogen and oxygen atoms in total. The molecule has 0 rings (SSSR count). The number of esters is 2. The smallest absolute Gasteiger partial charge is 0.462 e. The monoisotopic (exact) mass is 936 g/mol. The second kappa shape index (κ2) is 51.4. The highest BCUT2D eigenvalue weighted by Gasteiger charge is 2.26. The maximum atomic E-state index is 12.7. The third-order valence-electron chi connectivity index (χ3n) is 11.7. The van der Waals surface area contributed by atoms with Crippen LogP contribution in [-0.4, -0.2) is 49.3 Å². The van der Waals surface area contributed by atoms with E-state index in [9.17, 15) is 19.0 Å². The molecule has 0 heterocycles. The van der Waals surface area contributed by atoms with Crippen molar-refractivity contribution in [3.63, 3.8) is 0 Å². The second-order valence-electron chi connectivity index (χ2n) is 18.1. The minimum atomic E-state index is -4.38. The molecule has 2 unspecified atom stereocenters. The van der Waals surface area contributed by atoms with Crippen molar-refractivity contribution in [2.75, 3.05) is 26.4 Å². The molecule has 0 aromatic carbocycles. The number of phosphoric ester groups is 1. The summed E-state index contributed by atoms with van der Waals surface area (Å²) >= 11 is 0. The molecular weight excluding hydrogens is 834 g/mol. The summed E-state index contributed by atoms with van der Waals surface area (Å²) in [5, 5.41) is 0. The van der Waals surface area contributed by atoms with Gasteiger partial charge in [0.2, 0.25) is 0 Å². The third kappa shape index (κ3) is 51.2. The van der Waals surface area contributed by atoms with Gasteiger partial charge in [0, 0.05) is 19.4 Å². The third-order valence-corrected chi connectivity index (χ3v) is 12.7. The second-order valence-corrected chi connectivity index (χ2v) is 19.5. The van der Waals surface area contributed by atoms with Gasteiger partial charge in [-0.3, -0.25) is 18.6 Å². The Hall–Kier alpha value is -2.03. The topological polar surface area (TPSA) is 134 Å². The summed E-state index contributed by atoms with van der Waals surface area (Å²) in [6.45, 7) is 3.67. The molecule has 0 amide bonds. The van der Waals surface area contributed by atoms with Gasteiger partial charge in [-0.25, -0.2) is 4.57 Å². The van der Waals surface area contributed by atoms with Crippen LogP contribution >= 0.6 is 7.82 Å². The summed E-state index contributed by atoms with van der Waals surface area (Å²) < 4.78 is 33.0. The Labute approximate surface area is 400 Å². The van der Waals surface area contributed by atoms with Crippen molar-refractivity contribution in [3.05, 3.63) is 48.6 Å². The lowest BCUT2D eigenvalue weighted by Crippen LogP contribution is -2.29. The molecule has 0 aliphatic carbocycles. The van der Waals surface area contributed by atoms with E-state index in [1.54, 1.807) is 0 Å². The molecule has 65 heavy (non-hydrogen) atoms. The van der Waals surface area contributed by atoms with Gasteiger partial charge >= 0.3 is 19.8 Å². The Bertz CT molecular complexity index is 1200. The Morgan fingerprint density at radius 2 is 0.846 bits per heavy atom. The first-order valence-corrected chi connectivity index (χ1v) is 28.6. The normalized spacial score (nSPS) is 13.5. The molecule has 380 valence electrons. The molecule has 0 bridgehead atoms. The van der Waals surface area contributed by atoms with Gasteiger partial charge in [-0.2, -0.15) is 0 Å². The van der Waals surface area contributed by atoms with Crippen LogP contribution < -0.4 is 5.73 Å². The van der Waals surface area contributed by atoms with Crippen molar-refractivity contribution in [2.24, 2.45) is 5.73 Å². The van der Waals surface area contributed by atoms with Crippen LogP contribution in [0.25, 0.3) is 0 Å². The van der Waals surface area contributed by atoms with E-state index in [-0.39, 0.29) is 38.6 Å². The molecule has 10 heteroatoms. The van der Waals surface area contributed by atoms with Gasteiger partial charge in [0.05, 0.1) is 13.2 Å². The van der Waals surface area contributed by atoms with Crippen LogP contribution in [0.1, 0.15) is 258 Å². The number of phosphoric acid groups is 1. The van der Waals surface area contributed by atoms with Crippen molar-refractivity contribution in [3.8, 4) is 0 Å². The number of unbranched alkanes of at least 4 members (excludes halogenated alkanes) is 30. The van der Waals surface area contributed by atoms with Crippen LogP contribution in [0.3, 0.4) is 0 Å². The van der Waals surface area contributed by atoms with Crippen molar-refractivity contribution in [2.45, 2.75) is 264 Å². The maximum absolute atomic E-state index is 12.7. The number of hydrogen-bond donors (Lipinski definition) is 2. The quantitative estimate of drug-likeness (QED) is 0.0265. The highest BCUT2D eigenvalue weighted by atomic mass is 31.2. The van der Waals surface area contributed by atoms with E-state index in [0.717, 1.165) is 64.2 Å². The minimum absolute atomic E-state index is 0.0542. The van der Waals surface area contributed by atoms with Gasteiger partial charge in [-0.1, -0.05) is 242 Å². The average Bonchev–Trinajstić information content (AvgIpc) is 3.30. The van der Waals surface area contributed by atoms with E-state index in [0.29, 0.717) is 6.42 Å². The molecular formula is C55H102NO8P. The first-order valence-electron chi connectivity index (χ1n) is 27.1. The van der Waals surface area contributed by atoms with Gasteiger partial charge < -0.3 is 20.1 Å². The Balaban J connectivity index is 3.96. The zero-order valence-electron chi connectivity index (χ0n) is 42.2. The fourth-order valence-corrected chi connectivity index (χ4v) is 8.51. The lowest BCUT2D eigenvalue weighted by Gasteiger charge is -2.19. The molecule has 3 N–H and O–H groups in total. The molecule has 2 atom stereocenters. The Kier molecular flexibility index (Phi) is 49.8. The van der Waals surface area contributed by atoms with Gasteiger partial charge in [0.15, 0.2) is 6.10 Å². The van der Waals surface area contributed by atoms with Gasteiger partial charge in [0.1, 0.15) is 6.61 Å². The van der Waals surface area contributed by atoms with Crippen molar-refractivity contribution >= 4 is 19.8 Å². The highest BCUT2D eigenvalue weighted by Crippen LogP contribution is 2.43. The van der Waals surface area contributed by atoms with E-state index in [2.05, 4.69) is 62.5 Å². The minimum Gasteiger partial charge on any atom is -0.462 e. The summed E-state index contributed by atoms with van der Waals surface area (Å²) in [6.07, 6.45) is 61.5. The van der Waals surface area contributed by atoms with Crippen LogP contribution in [0.5, 0.6) is 0 Å². The standard InChI is InChI=1S/C55H102NO8P/c1-3-5-7-9-11-13-15-17-19-21-22-23-24-25-26-27-28-29-30-32-34-36-38-40-42-44-46-48-55(58)64-53(52-63-65(59,60)62-50-49-56)51-61-54(57)47-45-43-41-39-37-35-33-31-20-18-16-14-12-10-8-6-4-2/h5,7,11,13,17,19,22-23,53H,3-4,6,8-10,12,14-16,18,20-21,24-52,56H2,1-2H3,(H,59,60)/b7-5-,13-11-,19-17-,23-22-. The lowest BCUT2D eigenvalue weighted by atomic mass is 10.0. The molecule has 0 aromatic heterocycles. The number of hydrogen-bond acceptors (Lipinski definition) is 8. The van der Waals surface area contributed by atoms with Gasteiger partial charge in [0.25, 0.3) is 0 Å². The van der Waals surface area contributed by atoms with E-state index < -0.39 is 26.5 Å². The molecule has 0 saturated carbocycles. The van der Waals surface area contributed by atoms with Crippen molar-refractivity contribution in [1.82, 2.24) is 0 Å². The van der Waals surface area contributed by atoms with Crippen LogP contribution in [0.15, 0.2) is 48.6 Å². The number of carbonyl (C=O) groups excluding carboxylic acids is 2. The van der Waals surface area contributed by atoms with Gasteiger partial charge in [-0.15, -0.1) is 0 Å². The fourth-order valence-electron chi connectivity index (χ4n) is 7.75. The lowest BCUT2D eigenvalue weighted by molar-refractivity contribution is -0.161. The molecule has 0 radical (unpaired) electrons. The first-order chi connectivity index (χ1) is 31.8. The number of allylic oxidation sites excluding steroid dienone is 8. The van der Waals surface area contributed by atoms with E-state index in [1.807, 2.05) is 0 Å². The summed E-state index contributed by atoms with van der Waals surface area (Å²) in [5.74, 6) is -0.817. The summed E-state index contributed by atoms with van der Waals surface area (Å²) in [7, 11) is -4.38. The highest BCUT2D eigenvalue weighted by molar-refractivity contribution is 7.47. The predicted octanol–water partition coefficient (Wildman–Crippen LogP) is 16.6. The number of carbonyl (C=O) groups is 2. The number of rotatable bonds is 51. The molecule has 0 fully saturated rings. The Morgan fingerprint density at radius 1 is 0.477 bits per heavy atom. The Morgan fingerprint density at radius 3 is 1.26 bits per heavy atom. The van der Waals surface area contributed by atoms with Crippen LogP contribution in [0.2, 0.25) is 0 Å². The summed E-state index contributed by atoms with van der Waals surface area (Å²) in [6, 6.07) is 0. The molecule has 0 aliphatic heterocycles. The number of nitrogens with two attached hydrogens (primary N) is 1. The molecule has 0 saturated heterocycles. The SMILES string of the molecule is CC/C=C\C/C=C\C/C=C\C/C=C\CCCCCCCCCCCCCCCCC(=O)OC(COC(=O)CCCCCCCCCCCCCCCCCCC)COP(=O)(O)OCCN. The van der Waals surface area contributed by atoms with E-state index in [1.165, 1.54) is 161 Å². The van der Waals surface area contributed by atoms with Crippen LogP contribution in [0, 0.1) is 0 Å². The summed E-state index contributed by atoms with van der Waals surface area (Å²) in [4.78, 5) is 35.1. The van der Waals surface area contributed by atoms with Crippen molar-refractivity contribution < 1.29 is 37.6 Å². The van der Waals surface area contributed by atoms with Crippen LogP contribution in [0.4, 0.5) is 0 Å². The van der Waals surface area contributed by atoms with E-state index in [4.69, 9.17) is 24.3 Å². The largest absolute Gasteiger partial charge is 0.472 e. The zero-order chi connectivity index (χ0) is 47.4. The molecule has 0 aliphatic rings. The molecule has 0 spiro atoms.